The van der Waals surface area contributed by atoms with Crippen LogP contribution in [0.15, 0.2) is 65.7 Å². The predicted octanol–water partition coefficient (Wildman–Crippen LogP) is 4.56. The van der Waals surface area contributed by atoms with E-state index in [1.165, 1.54) is 46.7 Å². The normalized spacial score (nSPS) is 18.6. The number of halogens is 2. The third-order valence-corrected chi connectivity index (χ3v) is 5.40. The summed E-state index contributed by atoms with van der Waals surface area (Å²) < 4.78 is 13.4. The fourth-order valence-corrected chi connectivity index (χ4v) is 3.88. The van der Waals surface area contributed by atoms with Gasteiger partial charge >= 0.3 is 5.91 Å². The van der Waals surface area contributed by atoms with Crippen molar-refractivity contribution < 1.29 is 19.1 Å². The summed E-state index contributed by atoms with van der Waals surface area (Å²) in [7, 11) is 0. The molecular formula is C20H12ClFN2O3S. The molecule has 140 valence electrons. The van der Waals surface area contributed by atoms with Gasteiger partial charge in [-0.1, -0.05) is 23.7 Å². The van der Waals surface area contributed by atoms with Gasteiger partial charge in [0.15, 0.2) is 5.13 Å². The average Bonchev–Trinajstić information content (AvgIpc) is 3.30. The number of aliphatic hydroxyl groups is 1. The highest BCUT2D eigenvalue weighted by molar-refractivity contribution is 7.14. The number of carbonyl (C=O) groups is 2. The predicted molar refractivity (Wildman–Crippen MR) is 105 cm³/mol. The molecule has 3 aromatic rings. The van der Waals surface area contributed by atoms with Gasteiger partial charge in [0.1, 0.15) is 11.6 Å². The average molecular weight is 415 g/mol. The first-order valence-electron chi connectivity index (χ1n) is 8.19. The fraction of sp³-hybridized carbons (Fsp3) is 0.0500. The molecule has 1 amide bonds. The number of thiazole rings is 1. The van der Waals surface area contributed by atoms with E-state index in [0.29, 0.717) is 21.3 Å². The van der Waals surface area contributed by atoms with Crippen molar-refractivity contribution in [1.82, 2.24) is 4.98 Å². The van der Waals surface area contributed by atoms with Gasteiger partial charge < -0.3 is 5.11 Å². The molecule has 0 saturated carbocycles. The van der Waals surface area contributed by atoms with Crippen LogP contribution in [0.5, 0.6) is 0 Å². The van der Waals surface area contributed by atoms with Crippen molar-refractivity contribution >= 4 is 45.5 Å². The lowest BCUT2D eigenvalue weighted by atomic mass is 9.95. The summed E-state index contributed by atoms with van der Waals surface area (Å²) in [5.74, 6) is -2.42. The zero-order valence-corrected chi connectivity index (χ0v) is 15.7. The van der Waals surface area contributed by atoms with E-state index in [2.05, 4.69) is 4.98 Å². The second-order valence-electron chi connectivity index (χ2n) is 6.04. The van der Waals surface area contributed by atoms with Gasteiger partial charge in [0.05, 0.1) is 11.6 Å². The summed E-state index contributed by atoms with van der Waals surface area (Å²) in [6.45, 7) is 0. The Morgan fingerprint density at radius 3 is 2.39 bits per heavy atom. The van der Waals surface area contributed by atoms with E-state index in [-0.39, 0.29) is 11.3 Å². The molecule has 0 spiro atoms. The number of aliphatic hydroxyl groups excluding tert-OH is 1. The number of nitrogens with zero attached hydrogens (tertiary/aromatic N) is 2. The summed E-state index contributed by atoms with van der Waals surface area (Å²) >= 11 is 7.07. The summed E-state index contributed by atoms with van der Waals surface area (Å²) in [6, 6.07) is 10.7. The summed E-state index contributed by atoms with van der Waals surface area (Å²) in [4.78, 5) is 30.9. The molecule has 5 nitrogen and oxygen atoms in total. The van der Waals surface area contributed by atoms with Crippen molar-refractivity contribution in [2.75, 3.05) is 4.90 Å². The highest BCUT2D eigenvalue weighted by Crippen LogP contribution is 2.42. The molecule has 2 aromatic carbocycles. The molecule has 0 bridgehead atoms. The zero-order chi connectivity index (χ0) is 19.8. The molecule has 1 atom stereocenters. The van der Waals surface area contributed by atoms with E-state index >= 15 is 0 Å². The maximum Gasteiger partial charge on any atom is 0.301 e. The Balaban J connectivity index is 1.93. The molecule has 0 aliphatic carbocycles. The summed E-state index contributed by atoms with van der Waals surface area (Å²) in [6.07, 6.45) is 1.51. The van der Waals surface area contributed by atoms with Crippen LogP contribution in [0, 0.1) is 5.82 Å². The molecule has 1 N–H and O–H groups in total. The van der Waals surface area contributed by atoms with Crippen LogP contribution in [-0.2, 0) is 9.59 Å². The lowest BCUT2D eigenvalue weighted by molar-refractivity contribution is -0.132. The van der Waals surface area contributed by atoms with Gasteiger partial charge in [-0.05, 0) is 42.0 Å². The van der Waals surface area contributed by atoms with Crippen LogP contribution in [0.2, 0.25) is 5.02 Å². The molecule has 1 unspecified atom stereocenters. The number of hydrogen-bond donors (Lipinski definition) is 1. The van der Waals surface area contributed by atoms with Crippen LogP contribution in [-0.4, -0.2) is 21.8 Å². The molecular weight excluding hydrogens is 403 g/mol. The lowest BCUT2D eigenvalue weighted by Crippen LogP contribution is -2.29. The number of rotatable bonds is 3. The number of Topliss-reactive ketones (excluding diaryl/α,β-unsaturated/α-hetero) is 1. The van der Waals surface area contributed by atoms with Crippen molar-refractivity contribution in [2.24, 2.45) is 0 Å². The van der Waals surface area contributed by atoms with Crippen LogP contribution in [0.3, 0.4) is 0 Å². The minimum atomic E-state index is -0.928. The molecule has 28 heavy (non-hydrogen) atoms. The van der Waals surface area contributed by atoms with Gasteiger partial charge in [0.2, 0.25) is 0 Å². The van der Waals surface area contributed by atoms with Crippen LogP contribution in [0.1, 0.15) is 17.2 Å². The number of carbonyl (C=O) groups excluding carboxylic acids is 2. The number of amides is 1. The van der Waals surface area contributed by atoms with Crippen molar-refractivity contribution in [3.05, 3.63) is 87.6 Å². The van der Waals surface area contributed by atoms with Crippen LogP contribution < -0.4 is 4.90 Å². The Hall–Kier alpha value is -3.03. The third kappa shape index (κ3) is 3.08. The number of aromatic nitrogens is 1. The largest absolute Gasteiger partial charge is 0.507 e. The second kappa shape index (κ2) is 7.18. The Bertz CT molecular complexity index is 1080. The van der Waals surface area contributed by atoms with Gasteiger partial charge in [0.25, 0.3) is 5.78 Å². The molecule has 1 fully saturated rings. The highest BCUT2D eigenvalue weighted by atomic mass is 35.5. The van der Waals surface area contributed by atoms with Crippen LogP contribution >= 0.6 is 22.9 Å². The van der Waals surface area contributed by atoms with Crippen LogP contribution in [0.25, 0.3) is 5.76 Å². The molecule has 1 aromatic heterocycles. The molecule has 8 heteroatoms. The molecule has 1 aliphatic rings. The number of hydrogen-bond acceptors (Lipinski definition) is 5. The monoisotopic (exact) mass is 414 g/mol. The number of benzene rings is 2. The molecule has 4 rings (SSSR count). The van der Waals surface area contributed by atoms with Crippen molar-refractivity contribution in [1.29, 1.82) is 0 Å². The maximum absolute atomic E-state index is 13.4. The topological polar surface area (TPSA) is 70.5 Å². The molecule has 0 radical (unpaired) electrons. The van der Waals surface area contributed by atoms with E-state index in [0.717, 1.165) is 0 Å². The zero-order valence-electron chi connectivity index (χ0n) is 14.2. The first kappa shape index (κ1) is 18.3. The standard InChI is InChI=1S/C20H12ClFN2O3S/c21-13-5-1-12(2-6-13)17(25)15-16(11-3-7-14(22)8-4-11)24(19(27)18(15)26)20-23-9-10-28-20/h1-10,16,25H/b17-15-. The van der Waals surface area contributed by atoms with E-state index in [1.54, 1.807) is 29.6 Å². The van der Waals surface area contributed by atoms with Gasteiger partial charge in [-0.15, -0.1) is 11.3 Å². The first-order valence-corrected chi connectivity index (χ1v) is 9.45. The quantitative estimate of drug-likeness (QED) is 0.387. The highest BCUT2D eigenvalue weighted by Gasteiger charge is 2.47. The Kier molecular flexibility index (Phi) is 4.70. The molecule has 1 saturated heterocycles. The lowest BCUT2D eigenvalue weighted by Gasteiger charge is -2.22. The Morgan fingerprint density at radius 1 is 1.11 bits per heavy atom. The van der Waals surface area contributed by atoms with E-state index in [1.807, 2.05) is 0 Å². The van der Waals surface area contributed by atoms with Gasteiger partial charge in [-0.25, -0.2) is 9.37 Å². The van der Waals surface area contributed by atoms with Gasteiger partial charge in [-0.2, -0.15) is 0 Å². The first-order chi connectivity index (χ1) is 13.5. The second-order valence-corrected chi connectivity index (χ2v) is 7.35. The minimum absolute atomic E-state index is 0.0888. The van der Waals surface area contributed by atoms with Crippen molar-refractivity contribution in [2.45, 2.75) is 6.04 Å². The van der Waals surface area contributed by atoms with Crippen molar-refractivity contribution in [3.63, 3.8) is 0 Å². The fourth-order valence-electron chi connectivity index (χ4n) is 3.09. The minimum Gasteiger partial charge on any atom is -0.507 e. The maximum atomic E-state index is 13.4. The van der Waals surface area contributed by atoms with E-state index < -0.39 is 23.5 Å². The van der Waals surface area contributed by atoms with Gasteiger partial charge in [-0.3, -0.25) is 14.5 Å². The number of anilines is 1. The molecule has 2 heterocycles. The Labute approximate surface area is 168 Å². The summed E-state index contributed by atoms with van der Waals surface area (Å²) in [5.41, 5.74) is 0.731. The number of ketones is 1. The van der Waals surface area contributed by atoms with Crippen molar-refractivity contribution in [3.8, 4) is 0 Å². The Morgan fingerprint density at radius 2 is 1.79 bits per heavy atom. The SMILES string of the molecule is O=C1C(=O)N(c2nccs2)C(c2ccc(F)cc2)/C1=C(/O)c1ccc(Cl)cc1. The third-order valence-electron chi connectivity index (χ3n) is 4.37. The van der Waals surface area contributed by atoms with E-state index in [4.69, 9.17) is 11.6 Å². The summed E-state index contributed by atoms with van der Waals surface area (Å²) in [5, 5.41) is 13.3. The van der Waals surface area contributed by atoms with Crippen LogP contribution in [0.4, 0.5) is 9.52 Å². The van der Waals surface area contributed by atoms with E-state index in [9.17, 15) is 19.1 Å². The smallest absolute Gasteiger partial charge is 0.301 e. The molecule has 1 aliphatic heterocycles. The van der Waals surface area contributed by atoms with Gasteiger partial charge in [0, 0.05) is 22.2 Å².